The Hall–Kier alpha value is -1.31. The molecule has 2 heteroatoms. The summed E-state index contributed by atoms with van der Waals surface area (Å²) >= 11 is 0. The first-order chi connectivity index (χ1) is 8.81. The minimum Gasteiger partial charge on any atom is -0.490 e. The van der Waals surface area contributed by atoms with Crippen LogP contribution in [0.5, 0.6) is 5.75 Å². The van der Waals surface area contributed by atoms with Crippen molar-refractivity contribution in [3.8, 4) is 5.75 Å². The van der Waals surface area contributed by atoms with Crippen LogP contribution in [0.2, 0.25) is 0 Å². The van der Waals surface area contributed by atoms with E-state index in [-0.39, 0.29) is 0 Å². The van der Waals surface area contributed by atoms with E-state index in [1.807, 2.05) is 0 Å². The maximum atomic E-state index is 11.0. The highest BCUT2D eigenvalue weighted by molar-refractivity contribution is 5.86. The third kappa shape index (κ3) is 2.58. The van der Waals surface area contributed by atoms with E-state index in [4.69, 9.17) is 4.74 Å². The fraction of sp³-hybridized carbons (Fsp3) is 0.562. The lowest BCUT2D eigenvalue weighted by Gasteiger charge is -2.25. The predicted molar refractivity (Wildman–Crippen MR) is 70.9 cm³/mol. The summed E-state index contributed by atoms with van der Waals surface area (Å²) in [6.45, 7) is 0. The van der Waals surface area contributed by atoms with E-state index in [2.05, 4.69) is 24.3 Å². The molecule has 0 amide bonds. The maximum Gasteiger partial charge on any atom is 0.134 e. The number of hydrogen-bond acceptors (Lipinski definition) is 2. The van der Waals surface area contributed by atoms with Gasteiger partial charge in [0.2, 0.25) is 0 Å². The Labute approximate surface area is 108 Å². The van der Waals surface area contributed by atoms with Crippen molar-refractivity contribution in [1.29, 1.82) is 0 Å². The predicted octanol–water partition coefficient (Wildman–Crippen LogP) is 3.84. The second kappa shape index (κ2) is 5.13. The third-order valence-electron chi connectivity index (χ3n) is 4.15. The van der Waals surface area contributed by atoms with Gasteiger partial charge in [-0.3, -0.25) is 4.79 Å². The van der Waals surface area contributed by atoms with Gasteiger partial charge in [-0.1, -0.05) is 18.6 Å². The van der Waals surface area contributed by atoms with Crippen molar-refractivity contribution in [3.05, 3.63) is 29.8 Å². The molecule has 1 aromatic carbocycles. The van der Waals surface area contributed by atoms with Crippen LogP contribution in [0.3, 0.4) is 0 Å². The molecule has 2 aliphatic carbocycles. The Morgan fingerprint density at radius 2 is 1.61 bits per heavy atom. The highest BCUT2D eigenvalue weighted by atomic mass is 16.5. The number of carbonyl (C=O) groups is 1. The molecule has 3 rings (SSSR count). The SMILES string of the molecule is O=C1CC(c2ccc(OC3CCCCC3)cc2)C1. The molecule has 96 valence electrons. The average molecular weight is 244 g/mol. The lowest BCUT2D eigenvalue weighted by molar-refractivity contribution is -0.124. The van der Waals surface area contributed by atoms with Gasteiger partial charge >= 0.3 is 0 Å². The first kappa shape index (κ1) is 11.8. The molecule has 2 nitrogen and oxygen atoms in total. The molecular formula is C16H20O2. The molecule has 0 bridgehead atoms. The number of Topliss-reactive ketones (excluding diaryl/α,β-unsaturated/α-hetero) is 1. The molecule has 18 heavy (non-hydrogen) atoms. The van der Waals surface area contributed by atoms with Crippen LogP contribution in [-0.4, -0.2) is 11.9 Å². The number of ether oxygens (including phenoxy) is 1. The topological polar surface area (TPSA) is 26.3 Å². The van der Waals surface area contributed by atoms with Crippen LogP contribution in [0.25, 0.3) is 0 Å². The minimum atomic E-state index is 0.391. The van der Waals surface area contributed by atoms with Gasteiger partial charge in [0.1, 0.15) is 11.5 Å². The van der Waals surface area contributed by atoms with Crippen LogP contribution in [0.15, 0.2) is 24.3 Å². The molecule has 2 fully saturated rings. The molecule has 2 saturated carbocycles. The van der Waals surface area contributed by atoms with E-state index in [1.54, 1.807) is 0 Å². The van der Waals surface area contributed by atoms with Crippen LogP contribution >= 0.6 is 0 Å². The van der Waals surface area contributed by atoms with Gasteiger partial charge < -0.3 is 4.74 Å². The molecular weight excluding hydrogens is 224 g/mol. The summed E-state index contributed by atoms with van der Waals surface area (Å²) in [6, 6.07) is 8.37. The number of carbonyl (C=O) groups excluding carboxylic acids is 1. The molecule has 0 radical (unpaired) electrons. The molecule has 0 N–H and O–H groups in total. The zero-order valence-electron chi connectivity index (χ0n) is 10.7. The normalized spacial score (nSPS) is 21.7. The summed E-state index contributed by atoms with van der Waals surface area (Å²) in [5, 5.41) is 0. The van der Waals surface area contributed by atoms with Crippen molar-refractivity contribution in [2.75, 3.05) is 0 Å². The summed E-state index contributed by atoms with van der Waals surface area (Å²) in [6.07, 6.45) is 8.20. The highest BCUT2D eigenvalue weighted by Crippen LogP contribution is 2.34. The molecule has 0 aromatic heterocycles. The van der Waals surface area contributed by atoms with Crippen LogP contribution in [-0.2, 0) is 4.79 Å². The lowest BCUT2D eigenvalue weighted by atomic mass is 9.79. The Morgan fingerprint density at radius 1 is 0.944 bits per heavy atom. The van der Waals surface area contributed by atoms with Crippen molar-refractivity contribution in [2.45, 2.75) is 57.0 Å². The summed E-state index contributed by atoms with van der Waals surface area (Å²) in [5.74, 6) is 1.83. The fourth-order valence-corrected chi connectivity index (χ4v) is 2.92. The summed E-state index contributed by atoms with van der Waals surface area (Å²) < 4.78 is 6.00. The van der Waals surface area contributed by atoms with Crippen molar-refractivity contribution >= 4 is 5.78 Å². The first-order valence-electron chi connectivity index (χ1n) is 7.09. The van der Waals surface area contributed by atoms with Crippen molar-refractivity contribution in [3.63, 3.8) is 0 Å². The van der Waals surface area contributed by atoms with Crippen molar-refractivity contribution in [1.82, 2.24) is 0 Å². The Kier molecular flexibility index (Phi) is 3.35. The first-order valence-corrected chi connectivity index (χ1v) is 7.09. The quantitative estimate of drug-likeness (QED) is 0.807. The zero-order chi connectivity index (χ0) is 12.4. The van der Waals surface area contributed by atoms with Crippen LogP contribution < -0.4 is 4.74 Å². The molecule has 1 aromatic rings. The second-order valence-corrected chi connectivity index (χ2v) is 5.59. The van der Waals surface area contributed by atoms with Crippen molar-refractivity contribution in [2.24, 2.45) is 0 Å². The molecule has 0 heterocycles. The summed E-state index contributed by atoms with van der Waals surface area (Å²) in [4.78, 5) is 11.0. The molecule has 0 spiro atoms. The van der Waals surface area contributed by atoms with Crippen LogP contribution in [0.4, 0.5) is 0 Å². The van der Waals surface area contributed by atoms with E-state index >= 15 is 0 Å². The zero-order valence-corrected chi connectivity index (χ0v) is 10.7. The summed E-state index contributed by atoms with van der Waals surface area (Å²) in [5.41, 5.74) is 1.28. The highest BCUT2D eigenvalue weighted by Gasteiger charge is 2.27. The number of benzene rings is 1. The Bertz CT molecular complexity index is 407. The molecule has 0 aliphatic heterocycles. The number of ketones is 1. The van der Waals surface area contributed by atoms with Gasteiger partial charge in [-0.2, -0.15) is 0 Å². The van der Waals surface area contributed by atoms with E-state index in [9.17, 15) is 4.79 Å². The monoisotopic (exact) mass is 244 g/mol. The average Bonchev–Trinajstić information content (AvgIpc) is 2.38. The lowest BCUT2D eigenvalue weighted by Crippen LogP contribution is -2.21. The van der Waals surface area contributed by atoms with Gasteiger partial charge in [-0.25, -0.2) is 0 Å². The van der Waals surface area contributed by atoms with E-state index in [0.29, 0.717) is 17.8 Å². The standard InChI is InChI=1S/C16H20O2/c17-14-10-13(11-14)12-6-8-16(9-7-12)18-15-4-2-1-3-5-15/h6-9,13,15H,1-5,10-11H2. The van der Waals surface area contributed by atoms with E-state index in [0.717, 1.165) is 18.6 Å². The van der Waals surface area contributed by atoms with Gasteiger partial charge in [0.15, 0.2) is 0 Å². The third-order valence-corrected chi connectivity index (χ3v) is 4.15. The van der Waals surface area contributed by atoms with Gasteiger partial charge in [0.05, 0.1) is 6.10 Å². The minimum absolute atomic E-state index is 0.391. The summed E-state index contributed by atoms with van der Waals surface area (Å²) in [7, 11) is 0. The maximum absolute atomic E-state index is 11.0. The van der Waals surface area contributed by atoms with Crippen LogP contribution in [0.1, 0.15) is 56.4 Å². The van der Waals surface area contributed by atoms with E-state index < -0.39 is 0 Å². The largest absolute Gasteiger partial charge is 0.490 e. The smallest absolute Gasteiger partial charge is 0.134 e. The van der Waals surface area contributed by atoms with Gasteiger partial charge in [0.25, 0.3) is 0 Å². The molecule has 0 unspecified atom stereocenters. The molecule has 2 aliphatic rings. The fourth-order valence-electron chi connectivity index (χ4n) is 2.92. The Balaban J connectivity index is 1.58. The molecule has 0 saturated heterocycles. The molecule has 0 atom stereocenters. The number of hydrogen-bond donors (Lipinski definition) is 0. The van der Waals surface area contributed by atoms with Gasteiger partial charge in [0, 0.05) is 12.8 Å². The van der Waals surface area contributed by atoms with Gasteiger partial charge in [-0.15, -0.1) is 0 Å². The van der Waals surface area contributed by atoms with Crippen LogP contribution in [0, 0.1) is 0 Å². The van der Waals surface area contributed by atoms with E-state index in [1.165, 1.54) is 37.7 Å². The number of rotatable bonds is 3. The second-order valence-electron chi connectivity index (χ2n) is 5.59. The Morgan fingerprint density at radius 3 is 2.22 bits per heavy atom. The van der Waals surface area contributed by atoms with Gasteiger partial charge in [-0.05, 0) is 49.3 Å². The van der Waals surface area contributed by atoms with Crippen molar-refractivity contribution < 1.29 is 9.53 Å².